The van der Waals surface area contributed by atoms with Crippen LogP contribution in [0.2, 0.25) is 5.02 Å². The number of hydrogen-bond donors (Lipinski definition) is 1. The van der Waals surface area contributed by atoms with E-state index in [0.29, 0.717) is 29.0 Å². The van der Waals surface area contributed by atoms with Crippen molar-refractivity contribution in [3.8, 4) is 17.2 Å². The van der Waals surface area contributed by atoms with Crippen LogP contribution in [0.5, 0.6) is 17.2 Å². The van der Waals surface area contributed by atoms with Gasteiger partial charge < -0.3 is 19.5 Å². The number of halogens is 1. The second kappa shape index (κ2) is 9.17. The van der Waals surface area contributed by atoms with Crippen molar-refractivity contribution < 1.29 is 19.0 Å². The summed E-state index contributed by atoms with van der Waals surface area (Å²) in [6.45, 7) is 0.867. The Balaban J connectivity index is 1.72. The van der Waals surface area contributed by atoms with Crippen molar-refractivity contribution in [3.05, 3.63) is 47.0 Å². The van der Waals surface area contributed by atoms with Gasteiger partial charge in [0.15, 0.2) is 0 Å². The number of anilines is 1. The third kappa shape index (κ3) is 5.09. The monoisotopic (exact) mass is 404 g/mol. The molecule has 0 saturated heterocycles. The lowest BCUT2D eigenvalue weighted by molar-refractivity contribution is -0.117. The fourth-order valence-corrected chi connectivity index (χ4v) is 3.30. The van der Waals surface area contributed by atoms with E-state index in [2.05, 4.69) is 10.2 Å². The quantitative estimate of drug-likeness (QED) is 0.685. The van der Waals surface area contributed by atoms with Gasteiger partial charge >= 0.3 is 0 Å². The highest BCUT2D eigenvalue weighted by Crippen LogP contribution is 2.32. The molecule has 0 radical (unpaired) electrons. The van der Waals surface area contributed by atoms with Gasteiger partial charge in [0.05, 0.1) is 33.6 Å². The van der Waals surface area contributed by atoms with Crippen LogP contribution in [0.3, 0.4) is 0 Å². The number of rotatable bonds is 9. The van der Waals surface area contributed by atoms with Gasteiger partial charge in [-0.3, -0.25) is 9.69 Å². The number of nitrogens with zero attached hydrogens (tertiary/aromatic N) is 1. The van der Waals surface area contributed by atoms with E-state index in [1.54, 1.807) is 39.5 Å². The Bertz CT molecular complexity index is 839. The molecule has 28 heavy (non-hydrogen) atoms. The molecule has 2 aromatic carbocycles. The second-order valence-electron chi connectivity index (χ2n) is 6.71. The van der Waals surface area contributed by atoms with Crippen LogP contribution >= 0.6 is 11.6 Å². The van der Waals surface area contributed by atoms with Crippen molar-refractivity contribution in [3.63, 3.8) is 0 Å². The average Bonchev–Trinajstić information content (AvgIpc) is 3.53. The van der Waals surface area contributed by atoms with Gasteiger partial charge in [0.2, 0.25) is 5.91 Å². The number of methoxy groups -OCH3 is 3. The molecule has 1 amide bonds. The van der Waals surface area contributed by atoms with Gasteiger partial charge in [-0.25, -0.2) is 0 Å². The Morgan fingerprint density at radius 2 is 1.79 bits per heavy atom. The molecule has 0 unspecified atom stereocenters. The maximum atomic E-state index is 12.7. The van der Waals surface area contributed by atoms with Crippen LogP contribution in [-0.2, 0) is 11.3 Å². The van der Waals surface area contributed by atoms with Crippen LogP contribution in [0.15, 0.2) is 36.4 Å². The zero-order valence-electron chi connectivity index (χ0n) is 16.3. The molecule has 2 aromatic rings. The van der Waals surface area contributed by atoms with E-state index in [1.807, 2.05) is 18.2 Å². The third-order valence-electron chi connectivity index (χ3n) is 4.71. The molecule has 150 valence electrons. The van der Waals surface area contributed by atoms with E-state index >= 15 is 0 Å². The topological polar surface area (TPSA) is 60.0 Å². The smallest absolute Gasteiger partial charge is 0.238 e. The van der Waals surface area contributed by atoms with Crippen molar-refractivity contribution in [1.82, 2.24) is 4.90 Å². The average molecular weight is 405 g/mol. The normalized spacial score (nSPS) is 13.3. The van der Waals surface area contributed by atoms with Crippen LogP contribution in [0, 0.1) is 0 Å². The zero-order chi connectivity index (χ0) is 20.1. The summed E-state index contributed by atoms with van der Waals surface area (Å²) in [4.78, 5) is 14.9. The fourth-order valence-electron chi connectivity index (χ4n) is 3.13. The summed E-state index contributed by atoms with van der Waals surface area (Å²) < 4.78 is 16.1. The molecule has 3 rings (SSSR count). The fraction of sp³-hybridized carbons (Fsp3) is 0.381. The Morgan fingerprint density at radius 3 is 2.43 bits per heavy atom. The van der Waals surface area contributed by atoms with Crippen LogP contribution in [0.1, 0.15) is 18.4 Å². The second-order valence-corrected chi connectivity index (χ2v) is 7.14. The van der Waals surface area contributed by atoms with Crippen LogP contribution in [0.4, 0.5) is 5.69 Å². The number of hydrogen-bond acceptors (Lipinski definition) is 5. The number of nitrogens with one attached hydrogen (secondary N) is 1. The summed E-state index contributed by atoms with van der Waals surface area (Å²) in [6.07, 6.45) is 2.17. The van der Waals surface area contributed by atoms with Gasteiger partial charge in [0, 0.05) is 23.2 Å². The standard InChI is InChI=1S/C21H25ClN2O4/c1-26-17-7-9-19(27-2)14(10-17)12-24(16-5-6-16)13-21(25)23-18-11-15(22)4-8-20(18)28-3/h4,7-11,16H,5-6,12-13H2,1-3H3,(H,23,25). The Kier molecular flexibility index (Phi) is 6.65. The molecule has 0 atom stereocenters. The van der Waals surface area contributed by atoms with Gasteiger partial charge in [-0.05, 0) is 49.2 Å². The predicted molar refractivity (Wildman–Crippen MR) is 110 cm³/mol. The van der Waals surface area contributed by atoms with Crippen LogP contribution in [-0.4, -0.2) is 44.7 Å². The molecule has 1 fully saturated rings. The lowest BCUT2D eigenvalue weighted by Crippen LogP contribution is -2.34. The van der Waals surface area contributed by atoms with Crippen LogP contribution < -0.4 is 19.5 Å². The van der Waals surface area contributed by atoms with Gasteiger partial charge in [0.1, 0.15) is 17.2 Å². The highest BCUT2D eigenvalue weighted by molar-refractivity contribution is 6.31. The highest BCUT2D eigenvalue weighted by Gasteiger charge is 2.31. The molecule has 0 aromatic heterocycles. The molecule has 6 nitrogen and oxygen atoms in total. The Labute approximate surface area is 170 Å². The molecule has 0 bridgehead atoms. The number of benzene rings is 2. The molecule has 7 heteroatoms. The van der Waals surface area contributed by atoms with Gasteiger partial charge in [-0.2, -0.15) is 0 Å². The predicted octanol–water partition coefficient (Wildman–Crippen LogP) is 3.97. The summed E-state index contributed by atoms with van der Waals surface area (Å²) in [7, 11) is 4.84. The molecule has 0 heterocycles. The van der Waals surface area contributed by atoms with Crippen molar-refractivity contribution >= 4 is 23.2 Å². The Hall–Kier alpha value is -2.44. The van der Waals surface area contributed by atoms with E-state index in [4.69, 9.17) is 25.8 Å². The first-order valence-electron chi connectivity index (χ1n) is 9.12. The Morgan fingerprint density at radius 1 is 1.07 bits per heavy atom. The highest BCUT2D eigenvalue weighted by atomic mass is 35.5. The minimum atomic E-state index is -0.116. The zero-order valence-corrected chi connectivity index (χ0v) is 17.1. The minimum Gasteiger partial charge on any atom is -0.497 e. The molecule has 0 aliphatic heterocycles. The maximum Gasteiger partial charge on any atom is 0.238 e. The summed E-state index contributed by atoms with van der Waals surface area (Å²) in [5.74, 6) is 2.00. The summed E-state index contributed by atoms with van der Waals surface area (Å²) in [5, 5.41) is 3.44. The largest absolute Gasteiger partial charge is 0.497 e. The van der Waals surface area contributed by atoms with Crippen molar-refractivity contribution in [2.24, 2.45) is 0 Å². The van der Waals surface area contributed by atoms with Gasteiger partial charge in [-0.1, -0.05) is 11.6 Å². The first-order chi connectivity index (χ1) is 13.5. The first-order valence-corrected chi connectivity index (χ1v) is 9.50. The lowest BCUT2D eigenvalue weighted by Gasteiger charge is -2.23. The molecule has 1 aliphatic carbocycles. The van der Waals surface area contributed by atoms with Gasteiger partial charge in [-0.15, -0.1) is 0 Å². The summed E-state index contributed by atoms with van der Waals surface area (Å²) in [6, 6.07) is 11.2. The molecule has 1 aliphatic rings. The number of amides is 1. The van der Waals surface area contributed by atoms with Crippen molar-refractivity contribution in [1.29, 1.82) is 0 Å². The van der Waals surface area contributed by atoms with Gasteiger partial charge in [0.25, 0.3) is 0 Å². The number of carbonyl (C=O) groups excluding carboxylic acids is 1. The SMILES string of the molecule is COc1ccc(OC)c(CN(CC(=O)Nc2cc(Cl)ccc2OC)C2CC2)c1. The van der Waals surface area contributed by atoms with Crippen LogP contribution in [0.25, 0.3) is 0 Å². The first kappa shape index (κ1) is 20.3. The van der Waals surface area contributed by atoms with Crippen molar-refractivity contribution in [2.75, 3.05) is 33.2 Å². The molecule has 0 spiro atoms. The molecule has 1 N–H and O–H groups in total. The minimum absolute atomic E-state index is 0.116. The molecular weight excluding hydrogens is 380 g/mol. The lowest BCUT2D eigenvalue weighted by atomic mass is 10.1. The maximum absolute atomic E-state index is 12.7. The number of ether oxygens (including phenoxy) is 3. The van der Waals surface area contributed by atoms with E-state index in [-0.39, 0.29) is 12.5 Å². The van der Waals surface area contributed by atoms with E-state index < -0.39 is 0 Å². The molecule has 1 saturated carbocycles. The number of carbonyl (C=O) groups is 1. The summed E-state index contributed by atoms with van der Waals surface area (Å²) >= 11 is 6.05. The van der Waals surface area contributed by atoms with E-state index in [0.717, 1.165) is 29.9 Å². The van der Waals surface area contributed by atoms with E-state index in [9.17, 15) is 4.79 Å². The third-order valence-corrected chi connectivity index (χ3v) is 4.94. The van der Waals surface area contributed by atoms with E-state index in [1.165, 1.54) is 0 Å². The summed E-state index contributed by atoms with van der Waals surface area (Å²) in [5.41, 5.74) is 1.55. The molecular formula is C21H25ClN2O4. The van der Waals surface area contributed by atoms with Crippen molar-refractivity contribution in [2.45, 2.75) is 25.4 Å².